The van der Waals surface area contributed by atoms with Crippen LogP contribution in [0.4, 0.5) is 0 Å². The number of alkyl halides is 2. The molecule has 2 aromatic carbocycles. The monoisotopic (exact) mass is 978 g/mol. The van der Waals surface area contributed by atoms with E-state index in [-0.39, 0.29) is 52.6 Å². The Morgan fingerprint density at radius 2 is 1.67 bits per heavy atom. The summed E-state index contributed by atoms with van der Waals surface area (Å²) in [6, 6.07) is 1.74. The van der Waals surface area contributed by atoms with Gasteiger partial charge in [-0.15, -0.1) is 0 Å². The number of Topliss-reactive ketones (excluding diaryl/α,β-unsaturated/α-hetero) is 1. The molecular formula is C20H10Cl4I4O5. The highest BCUT2D eigenvalue weighted by molar-refractivity contribution is 14.1. The van der Waals surface area contributed by atoms with Crippen LogP contribution in [-0.4, -0.2) is 35.9 Å². The van der Waals surface area contributed by atoms with E-state index in [1.54, 1.807) is 6.07 Å². The van der Waals surface area contributed by atoms with Gasteiger partial charge >= 0.3 is 5.97 Å². The summed E-state index contributed by atoms with van der Waals surface area (Å²) in [5, 5.41) is 20.2. The molecule has 5 nitrogen and oxygen atoms in total. The van der Waals surface area contributed by atoms with E-state index in [1.165, 1.54) is 0 Å². The van der Waals surface area contributed by atoms with Gasteiger partial charge in [-0.2, -0.15) is 0 Å². The van der Waals surface area contributed by atoms with Crippen molar-refractivity contribution in [2.45, 2.75) is 26.3 Å². The second-order valence-electron chi connectivity index (χ2n) is 7.52. The summed E-state index contributed by atoms with van der Waals surface area (Å²) in [5.74, 6) is -1.75. The highest BCUT2D eigenvalue weighted by Gasteiger charge is 2.52. The molecule has 1 aliphatic heterocycles. The molecule has 0 spiro atoms. The number of hydrogen-bond donors (Lipinski definition) is 2. The van der Waals surface area contributed by atoms with Crippen LogP contribution in [0.5, 0.6) is 11.5 Å². The van der Waals surface area contributed by atoms with E-state index < -0.39 is 21.9 Å². The van der Waals surface area contributed by atoms with E-state index in [4.69, 9.17) is 51.1 Å². The molecular weight excluding hydrogens is 970 g/mol. The largest absolute Gasteiger partial charge is 0.506 e. The molecule has 0 saturated heterocycles. The second-order valence-corrected chi connectivity index (χ2v) is 14.1. The Kier molecular flexibility index (Phi) is 8.44. The van der Waals surface area contributed by atoms with E-state index in [1.807, 2.05) is 45.2 Å². The molecule has 0 amide bonds. The average molecular weight is 980 g/mol. The van der Waals surface area contributed by atoms with Crippen molar-refractivity contribution in [3.05, 3.63) is 50.0 Å². The SMILES string of the molecule is O=C(O)c1c(Cl)c(Cl)c(Cl)c(Cl)c1C1c2cc(I)c(O)c(I)c2OC2C(I)C(=O)C(I)CC12. The molecule has 1 heterocycles. The minimum Gasteiger partial charge on any atom is -0.506 e. The van der Waals surface area contributed by atoms with Gasteiger partial charge in [0.05, 0.1) is 36.7 Å². The number of carboxylic acids is 1. The minimum absolute atomic E-state index is 0.00919. The molecule has 33 heavy (non-hydrogen) atoms. The predicted octanol–water partition coefficient (Wildman–Crippen LogP) is 8.00. The van der Waals surface area contributed by atoms with Crippen LogP contribution in [0, 0.1) is 13.1 Å². The fraction of sp³-hybridized carbons (Fsp3) is 0.300. The first kappa shape index (κ1) is 27.3. The van der Waals surface area contributed by atoms with Crippen LogP contribution in [0.15, 0.2) is 6.07 Å². The molecule has 5 unspecified atom stereocenters. The van der Waals surface area contributed by atoms with E-state index in [0.717, 1.165) is 0 Å². The van der Waals surface area contributed by atoms with Gasteiger partial charge in [0.2, 0.25) is 0 Å². The van der Waals surface area contributed by atoms with Crippen LogP contribution in [-0.2, 0) is 4.79 Å². The molecule has 0 radical (unpaired) electrons. The number of benzene rings is 2. The standard InChI is InChI=1S/C20H10Cl4I4O5/c21-10-8(9(20(31)32)11(22)13(24)12(10)23)7-3-1-5(25)16(29)14(27)18(3)33-19-4(7)2-6(26)17(30)15(19)28/h1,4,6-7,15,19,29H,2H2,(H,31,32). The normalized spacial score (nSPS) is 26.4. The number of ketones is 1. The van der Waals surface area contributed by atoms with Gasteiger partial charge in [-0.3, -0.25) is 4.79 Å². The highest BCUT2D eigenvalue weighted by Crippen LogP contribution is 2.57. The minimum atomic E-state index is -1.30. The molecule has 176 valence electrons. The predicted molar refractivity (Wildman–Crippen MR) is 162 cm³/mol. The Morgan fingerprint density at radius 3 is 2.27 bits per heavy atom. The molecule has 2 aliphatic rings. The first-order valence-corrected chi connectivity index (χ1v) is 15.3. The summed E-state index contributed by atoms with van der Waals surface area (Å²) < 4.78 is 6.57. The molecule has 1 saturated carbocycles. The lowest BCUT2D eigenvalue weighted by Gasteiger charge is -2.46. The zero-order valence-corrected chi connectivity index (χ0v) is 27.5. The maximum absolute atomic E-state index is 12.8. The zero-order chi connectivity index (χ0) is 24.5. The van der Waals surface area contributed by atoms with Crippen molar-refractivity contribution in [3.8, 4) is 11.5 Å². The Morgan fingerprint density at radius 1 is 1.06 bits per heavy atom. The number of hydrogen-bond acceptors (Lipinski definition) is 4. The Bertz CT molecular complexity index is 1220. The van der Waals surface area contributed by atoms with Crippen LogP contribution in [0.3, 0.4) is 0 Å². The molecule has 0 aromatic heterocycles. The summed E-state index contributed by atoms with van der Waals surface area (Å²) in [4.78, 5) is 25.2. The number of aromatic hydroxyl groups is 1. The van der Waals surface area contributed by atoms with Gasteiger partial charge in [0.15, 0.2) is 5.78 Å². The van der Waals surface area contributed by atoms with Crippen LogP contribution in [0.2, 0.25) is 20.1 Å². The average Bonchev–Trinajstić information content (AvgIpc) is 2.76. The Balaban J connectivity index is 2.12. The topological polar surface area (TPSA) is 83.8 Å². The Hall–Kier alpha value is 1.26. The van der Waals surface area contributed by atoms with Crippen LogP contribution in [0.1, 0.15) is 33.8 Å². The summed E-state index contributed by atoms with van der Waals surface area (Å²) in [7, 11) is 0. The lowest BCUT2D eigenvalue weighted by atomic mass is 9.69. The van der Waals surface area contributed by atoms with Gasteiger partial charge in [0.1, 0.15) is 21.5 Å². The summed E-state index contributed by atoms with van der Waals surface area (Å²) in [5.41, 5.74) is 0.628. The van der Waals surface area contributed by atoms with Crippen molar-refractivity contribution in [2.24, 2.45) is 5.92 Å². The first-order valence-electron chi connectivity index (χ1n) is 9.16. The third-order valence-corrected chi connectivity index (χ3v) is 11.9. The Labute approximate surface area is 263 Å². The number of carbonyl (C=O) groups is 2. The van der Waals surface area contributed by atoms with Crippen molar-refractivity contribution in [1.29, 1.82) is 0 Å². The van der Waals surface area contributed by atoms with Crippen molar-refractivity contribution < 1.29 is 24.5 Å². The van der Waals surface area contributed by atoms with Gasteiger partial charge in [-0.1, -0.05) is 91.6 Å². The number of phenolic OH excluding ortho intramolecular Hbond substituents is 1. The smallest absolute Gasteiger partial charge is 0.337 e. The number of carboxylic acid groups (broad SMARTS) is 1. The third-order valence-electron chi connectivity index (χ3n) is 5.79. The first-order chi connectivity index (χ1) is 15.4. The lowest BCUT2D eigenvalue weighted by molar-refractivity contribution is -0.122. The number of phenols is 1. The molecule has 2 N–H and O–H groups in total. The molecule has 4 rings (SSSR count). The van der Waals surface area contributed by atoms with Crippen molar-refractivity contribution in [2.75, 3.05) is 0 Å². The number of ether oxygens (including phenoxy) is 1. The molecule has 5 atom stereocenters. The lowest BCUT2D eigenvalue weighted by Crippen LogP contribution is -2.52. The van der Waals surface area contributed by atoms with Crippen molar-refractivity contribution in [3.63, 3.8) is 0 Å². The summed E-state index contributed by atoms with van der Waals surface area (Å²) in [6.07, 6.45) is -0.130. The molecule has 2 aromatic rings. The number of rotatable bonds is 2. The maximum Gasteiger partial charge on any atom is 0.337 e. The van der Waals surface area contributed by atoms with Crippen molar-refractivity contribution >= 4 is 149 Å². The van der Waals surface area contributed by atoms with Gasteiger partial charge in [0, 0.05) is 17.4 Å². The maximum atomic E-state index is 12.8. The molecule has 1 fully saturated rings. The fourth-order valence-corrected chi connectivity index (χ4v) is 10.1. The summed E-state index contributed by atoms with van der Waals surface area (Å²) in [6.45, 7) is 0. The van der Waals surface area contributed by atoms with Crippen LogP contribution in [0.25, 0.3) is 0 Å². The van der Waals surface area contributed by atoms with Crippen LogP contribution < -0.4 is 4.74 Å². The van der Waals surface area contributed by atoms with E-state index in [9.17, 15) is 19.8 Å². The number of aromatic carboxylic acids is 1. The van der Waals surface area contributed by atoms with E-state index in [0.29, 0.717) is 24.9 Å². The second kappa shape index (κ2) is 10.2. The van der Waals surface area contributed by atoms with E-state index in [2.05, 4.69) is 45.2 Å². The van der Waals surface area contributed by atoms with E-state index >= 15 is 0 Å². The molecule has 0 bridgehead atoms. The summed E-state index contributed by atoms with van der Waals surface area (Å²) >= 11 is 33.8. The molecule has 13 heteroatoms. The number of carbonyl (C=O) groups excluding carboxylic acids is 1. The van der Waals surface area contributed by atoms with Gasteiger partial charge in [-0.05, 0) is 63.2 Å². The molecule has 1 aliphatic carbocycles. The van der Waals surface area contributed by atoms with Gasteiger partial charge in [0.25, 0.3) is 0 Å². The zero-order valence-electron chi connectivity index (χ0n) is 15.8. The van der Waals surface area contributed by atoms with Crippen LogP contribution >= 0.6 is 137 Å². The number of fused-ring (bicyclic) bond motifs is 2. The number of halogens is 8. The fourth-order valence-electron chi connectivity index (χ4n) is 4.36. The quantitative estimate of drug-likeness (QED) is 0.138. The third kappa shape index (κ3) is 4.47. The highest BCUT2D eigenvalue weighted by atomic mass is 127. The van der Waals surface area contributed by atoms with Gasteiger partial charge < -0.3 is 14.9 Å². The van der Waals surface area contributed by atoms with Gasteiger partial charge in [-0.25, -0.2) is 4.79 Å². The van der Waals surface area contributed by atoms with Crippen molar-refractivity contribution in [1.82, 2.24) is 0 Å².